The molecule has 1 aromatic heterocycles. The van der Waals surface area contributed by atoms with Gasteiger partial charge in [0.15, 0.2) is 11.5 Å². The van der Waals surface area contributed by atoms with Crippen molar-refractivity contribution in [1.29, 1.82) is 0 Å². The standard InChI is InChI=1S/C14H16N2O4/c1-17-10-7-9(8-11(18-2)13(10)19-3)12-14(20-4)16-6-5-15-12/h5-8H,1-4H3. The molecule has 0 unspecified atom stereocenters. The molecule has 0 N–H and O–H groups in total. The molecule has 1 aromatic carbocycles. The molecule has 2 aromatic rings. The van der Waals surface area contributed by atoms with Crippen LogP contribution in [0.3, 0.4) is 0 Å². The second kappa shape index (κ2) is 6.10. The van der Waals surface area contributed by atoms with Crippen LogP contribution in [0.4, 0.5) is 0 Å². The van der Waals surface area contributed by atoms with E-state index in [1.807, 2.05) is 0 Å². The molecule has 6 nitrogen and oxygen atoms in total. The molecule has 0 aliphatic rings. The summed E-state index contributed by atoms with van der Waals surface area (Å²) in [4.78, 5) is 8.42. The number of benzene rings is 1. The van der Waals surface area contributed by atoms with Gasteiger partial charge < -0.3 is 18.9 Å². The van der Waals surface area contributed by atoms with Crippen LogP contribution < -0.4 is 18.9 Å². The number of hydrogen-bond acceptors (Lipinski definition) is 6. The first-order valence-corrected chi connectivity index (χ1v) is 5.90. The largest absolute Gasteiger partial charge is 0.493 e. The van der Waals surface area contributed by atoms with Gasteiger partial charge in [0.25, 0.3) is 0 Å². The fourth-order valence-corrected chi connectivity index (χ4v) is 1.89. The molecular weight excluding hydrogens is 260 g/mol. The maximum Gasteiger partial charge on any atom is 0.240 e. The molecule has 0 aliphatic heterocycles. The number of aromatic nitrogens is 2. The number of ether oxygens (including phenoxy) is 4. The molecule has 2 rings (SSSR count). The van der Waals surface area contributed by atoms with E-state index in [1.165, 1.54) is 0 Å². The van der Waals surface area contributed by atoms with Crippen LogP contribution >= 0.6 is 0 Å². The van der Waals surface area contributed by atoms with Gasteiger partial charge in [-0.2, -0.15) is 0 Å². The molecule has 0 saturated heterocycles. The van der Waals surface area contributed by atoms with Gasteiger partial charge in [0.1, 0.15) is 5.69 Å². The van der Waals surface area contributed by atoms with Crippen molar-refractivity contribution in [2.24, 2.45) is 0 Å². The Labute approximate surface area is 117 Å². The smallest absolute Gasteiger partial charge is 0.240 e. The fraction of sp³-hybridized carbons (Fsp3) is 0.286. The van der Waals surface area contributed by atoms with E-state index in [9.17, 15) is 0 Å². The average Bonchev–Trinajstić information content (AvgIpc) is 2.53. The summed E-state index contributed by atoms with van der Waals surface area (Å²) in [6, 6.07) is 3.60. The lowest BCUT2D eigenvalue weighted by molar-refractivity contribution is 0.324. The van der Waals surface area contributed by atoms with Gasteiger partial charge >= 0.3 is 0 Å². The van der Waals surface area contributed by atoms with E-state index in [-0.39, 0.29) is 0 Å². The van der Waals surface area contributed by atoms with Crippen molar-refractivity contribution in [2.45, 2.75) is 0 Å². The quantitative estimate of drug-likeness (QED) is 0.834. The predicted molar refractivity (Wildman–Crippen MR) is 73.7 cm³/mol. The Kier molecular flexibility index (Phi) is 4.24. The summed E-state index contributed by atoms with van der Waals surface area (Å²) in [6.45, 7) is 0. The van der Waals surface area contributed by atoms with Crippen molar-refractivity contribution < 1.29 is 18.9 Å². The third-order valence-corrected chi connectivity index (χ3v) is 2.80. The van der Waals surface area contributed by atoms with Gasteiger partial charge in [-0.05, 0) is 12.1 Å². The molecule has 0 saturated carbocycles. The van der Waals surface area contributed by atoms with Crippen molar-refractivity contribution in [3.05, 3.63) is 24.5 Å². The molecule has 0 aliphatic carbocycles. The molecule has 0 spiro atoms. The highest BCUT2D eigenvalue weighted by Crippen LogP contribution is 2.41. The minimum absolute atomic E-state index is 0.432. The van der Waals surface area contributed by atoms with Crippen molar-refractivity contribution in [1.82, 2.24) is 9.97 Å². The number of methoxy groups -OCH3 is 4. The highest BCUT2D eigenvalue weighted by molar-refractivity contribution is 5.71. The Balaban J connectivity index is 2.63. The Bertz CT molecular complexity index is 576. The molecule has 0 bridgehead atoms. The summed E-state index contributed by atoms with van der Waals surface area (Å²) in [5.41, 5.74) is 1.37. The second-order valence-corrected chi connectivity index (χ2v) is 3.83. The van der Waals surface area contributed by atoms with Crippen molar-refractivity contribution in [3.8, 4) is 34.4 Å². The maximum atomic E-state index is 5.32. The monoisotopic (exact) mass is 276 g/mol. The van der Waals surface area contributed by atoms with E-state index < -0.39 is 0 Å². The van der Waals surface area contributed by atoms with Crippen molar-refractivity contribution in [2.75, 3.05) is 28.4 Å². The molecule has 0 amide bonds. The topological polar surface area (TPSA) is 62.7 Å². The molecule has 0 radical (unpaired) electrons. The minimum atomic E-state index is 0.432. The average molecular weight is 276 g/mol. The molecule has 0 atom stereocenters. The number of nitrogens with zero attached hydrogens (tertiary/aromatic N) is 2. The van der Waals surface area contributed by atoms with Gasteiger partial charge in [0.2, 0.25) is 11.6 Å². The van der Waals surface area contributed by atoms with Gasteiger partial charge in [-0.3, -0.25) is 0 Å². The second-order valence-electron chi connectivity index (χ2n) is 3.83. The lowest BCUT2D eigenvalue weighted by Gasteiger charge is -2.14. The lowest BCUT2D eigenvalue weighted by atomic mass is 10.1. The van der Waals surface area contributed by atoms with Crippen LogP contribution in [0.1, 0.15) is 0 Å². The first-order chi connectivity index (χ1) is 9.74. The van der Waals surface area contributed by atoms with Crippen LogP contribution in [0.2, 0.25) is 0 Å². The molecule has 0 fully saturated rings. The molecule has 6 heteroatoms. The summed E-state index contributed by atoms with van der Waals surface area (Å²) in [6.07, 6.45) is 3.17. The van der Waals surface area contributed by atoms with E-state index in [0.717, 1.165) is 5.56 Å². The summed E-state index contributed by atoms with van der Waals surface area (Å²) < 4.78 is 21.1. The van der Waals surface area contributed by atoms with E-state index >= 15 is 0 Å². The summed E-state index contributed by atoms with van der Waals surface area (Å²) in [5, 5.41) is 0. The predicted octanol–water partition coefficient (Wildman–Crippen LogP) is 2.18. The third-order valence-electron chi connectivity index (χ3n) is 2.80. The van der Waals surface area contributed by atoms with E-state index in [1.54, 1.807) is 53.0 Å². The van der Waals surface area contributed by atoms with Crippen molar-refractivity contribution >= 4 is 0 Å². The fourth-order valence-electron chi connectivity index (χ4n) is 1.89. The van der Waals surface area contributed by atoms with Crippen molar-refractivity contribution in [3.63, 3.8) is 0 Å². The first kappa shape index (κ1) is 13.9. The molecule has 20 heavy (non-hydrogen) atoms. The van der Waals surface area contributed by atoms with Gasteiger partial charge in [0, 0.05) is 18.0 Å². The number of rotatable bonds is 5. The zero-order valence-electron chi connectivity index (χ0n) is 11.8. The van der Waals surface area contributed by atoms with Crippen LogP contribution in [0.15, 0.2) is 24.5 Å². The minimum Gasteiger partial charge on any atom is -0.493 e. The normalized spacial score (nSPS) is 10.0. The summed E-state index contributed by atoms with van der Waals surface area (Å²) >= 11 is 0. The highest BCUT2D eigenvalue weighted by Gasteiger charge is 2.17. The van der Waals surface area contributed by atoms with Crippen LogP contribution in [-0.2, 0) is 0 Å². The molecule has 1 heterocycles. The maximum absolute atomic E-state index is 5.32. The lowest BCUT2D eigenvalue weighted by Crippen LogP contribution is -1.98. The van der Waals surface area contributed by atoms with Crippen LogP contribution in [0.5, 0.6) is 23.1 Å². The highest BCUT2D eigenvalue weighted by atomic mass is 16.5. The third kappa shape index (κ3) is 2.45. The SMILES string of the molecule is COc1cc(-c2nccnc2OC)cc(OC)c1OC. The van der Waals surface area contributed by atoms with Gasteiger partial charge in [-0.25, -0.2) is 9.97 Å². The van der Waals surface area contributed by atoms with Gasteiger partial charge in [-0.1, -0.05) is 0 Å². The zero-order valence-corrected chi connectivity index (χ0v) is 11.8. The molecular formula is C14H16N2O4. The van der Waals surface area contributed by atoms with Gasteiger partial charge in [-0.15, -0.1) is 0 Å². The summed E-state index contributed by atoms with van der Waals surface area (Å²) in [5.74, 6) is 2.06. The Morgan fingerprint density at radius 2 is 1.35 bits per heavy atom. The van der Waals surface area contributed by atoms with E-state index in [4.69, 9.17) is 18.9 Å². The summed E-state index contributed by atoms with van der Waals surface area (Å²) in [7, 11) is 6.23. The first-order valence-electron chi connectivity index (χ1n) is 5.90. The van der Waals surface area contributed by atoms with Crippen LogP contribution in [0, 0.1) is 0 Å². The van der Waals surface area contributed by atoms with E-state index in [0.29, 0.717) is 28.8 Å². The van der Waals surface area contributed by atoms with Crippen LogP contribution in [-0.4, -0.2) is 38.4 Å². The zero-order chi connectivity index (χ0) is 14.5. The Morgan fingerprint density at radius 3 is 1.85 bits per heavy atom. The Morgan fingerprint density at radius 1 is 0.750 bits per heavy atom. The number of hydrogen-bond donors (Lipinski definition) is 0. The van der Waals surface area contributed by atoms with Crippen LogP contribution in [0.25, 0.3) is 11.3 Å². The Hall–Kier alpha value is -2.50. The van der Waals surface area contributed by atoms with Gasteiger partial charge in [0.05, 0.1) is 28.4 Å². The van der Waals surface area contributed by atoms with E-state index in [2.05, 4.69) is 9.97 Å². The molecule has 106 valence electrons.